The van der Waals surface area contributed by atoms with Gasteiger partial charge >= 0.3 is 0 Å². The monoisotopic (exact) mass is 713 g/mol. The largest absolute Gasteiger partial charge is 0.353 e. The smallest absolute Gasteiger partial charge is 0.228 e. The molecule has 2 amide bonds. The van der Waals surface area contributed by atoms with Gasteiger partial charge in [-0.2, -0.15) is 10.5 Å². The Kier molecular flexibility index (Phi) is 11.6. The van der Waals surface area contributed by atoms with Crippen molar-refractivity contribution >= 4 is 29.0 Å². The van der Waals surface area contributed by atoms with Crippen molar-refractivity contribution in [3.8, 4) is 12.1 Å². The standard InChI is InChI=1S/C39H40FN11O2/c1-26(29-6-7-30(43-24-29)21-39(53)50-17-15-49(16-18-50)36-11-8-31(22-41)45-47-36)3-4-27(2)34-10-5-28(19-35(34)40)20-38(52)44-33-13-14-51(25-33)37-12-9-32(23-42)46-48-37/h5-12,19,24,26,33H,2-4,13-18,20-21,25H2,1H3,(H,44,52)/t26?,33-/m0/s1. The van der Waals surface area contributed by atoms with Crippen molar-refractivity contribution in [2.45, 2.75) is 51.0 Å². The zero-order valence-corrected chi connectivity index (χ0v) is 29.6. The lowest BCUT2D eigenvalue weighted by atomic mass is 9.92. The van der Waals surface area contributed by atoms with E-state index in [2.05, 4.69) is 49.1 Å². The predicted octanol–water partition coefficient (Wildman–Crippen LogP) is 3.97. The zero-order valence-electron chi connectivity index (χ0n) is 29.6. The summed E-state index contributed by atoms with van der Waals surface area (Å²) in [5.41, 5.74) is 3.96. The first kappa shape index (κ1) is 36.5. The van der Waals surface area contributed by atoms with Gasteiger partial charge in [0.2, 0.25) is 11.8 Å². The van der Waals surface area contributed by atoms with Gasteiger partial charge in [-0.25, -0.2) is 4.39 Å². The van der Waals surface area contributed by atoms with Crippen LogP contribution in [0.2, 0.25) is 0 Å². The van der Waals surface area contributed by atoms with Gasteiger partial charge in [-0.1, -0.05) is 31.7 Å². The molecule has 13 nitrogen and oxygen atoms in total. The second kappa shape index (κ2) is 16.8. The van der Waals surface area contributed by atoms with Crippen LogP contribution >= 0.6 is 0 Å². The summed E-state index contributed by atoms with van der Waals surface area (Å²) in [4.78, 5) is 36.2. The van der Waals surface area contributed by atoms with E-state index in [1.54, 1.807) is 36.4 Å². The maximum atomic E-state index is 15.2. The van der Waals surface area contributed by atoms with Crippen molar-refractivity contribution in [1.82, 2.24) is 35.6 Å². The van der Waals surface area contributed by atoms with Crippen LogP contribution in [0.15, 0.2) is 67.4 Å². The average Bonchev–Trinajstić information content (AvgIpc) is 3.65. The van der Waals surface area contributed by atoms with Gasteiger partial charge in [-0.15, -0.1) is 20.4 Å². The van der Waals surface area contributed by atoms with E-state index in [1.165, 1.54) is 6.07 Å². The molecule has 14 heteroatoms. The lowest BCUT2D eigenvalue weighted by Gasteiger charge is -2.35. The Bertz CT molecular complexity index is 2020. The highest BCUT2D eigenvalue weighted by Crippen LogP contribution is 2.28. The number of halogens is 1. The summed E-state index contributed by atoms with van der Waals surface area (Å²) in [7, 11) is 0. The number of pyridine rings is 1. The van der Waals surface area contributed by atoms with Crippen LogP contribution in [0, 0.1) is 28.5 Å². The Labute approximate surface area is 307 Å². The molecule has 2 atom stereocenters. The second-order valence-corrected chi connectivity index (χ2v) is 13.4. The third-order valence-electron chi connectivity index (χ3n) is 9.77. The number of piperazine rings is 1. The number of anilines is 2. The van der Waals surface area contributed by atoms with Crippen LogP contribution in [0.4, 0.5) is 16.0 Å². The molecule has 2 aliphatic heterocycles. The number of hydrogen-bond donors (Lipinski definition) is 1. The highest BCUT2D eigenvalue weighted by molar-refractivity contribution is 5.79. The first-order valence-electron chi connectivity index (χ1n) is 17.6. The van der Waals surface area contributed by atoms with Crippen LogP contribution in [0.5, 0.6) is 0 Å². The van der Waals surface area contributed by atoms with E-state index in [1.807, 2.05) is 40.3 Å². The number of nitrogens with one attached hydrogen (secondary N) is 1. The minimum absolute atomic E-state index is 0.0193. The van der Waals surface area contributed by atoms with E-state index >= 15 is 4.39 Å². The lowest BCUT2D eigenvalue weighted by Crippen LogP contribution is -2.49. The predicted molar refractivity (Wildman–Crippen MR) is 196 cm³/mol. The van der Waals surface area contributed by atoms with Crippen LogP contribution in [0.25, 0.3) is 5.57 Å². The van der Waals surface area contributed by atoms with Crippen LogP contribution < -0.4 is 15.1 Å². The number of benzene rings is 1. The van der Waals surface area contributed by atoms with E-state index in [9.17, 15) is 9.59 Å². The van der Waals surface area contributed by atoms with Crippen molar-refractivity contribution in [2.75, 3.05) is 49.1 Å². The Morgan fingerprint density at radius 1 is 0.906 bits per heavy atom. The van der Waals surface area contributed by atoms with Gasteiger partial charge < -0.3 is 20.0 Å². The number of carbonyl (C=O) groups is 2. The maximum Gasteiger partial charge on any atom is 0.228 e. The highest BCUT2D eigenvalue weighted by atomic mass is 19.1. The van der Waals surface area contributed by atoms with E-state index in [4.69, 9.17) is 10.5 Å². The van der Waals surface area contributed by atoms with E-state index in [-0.39, 0.29) is 48.0 Å². The van der Waals surface area contributed by atoms with Gasteiger partial charge in [-0.05, 0) is 78.3 Å². The Balaban J connectivity index is 0.919. The Morgan fingerprint density at radius 2 is 1.60 bits per heavy atom. The quantitative estimate of drug-likeness (QED) is 0.226. The number of amides is 2. The summed E-state index contributed by atoms with van der Waals surface area (Å²) in [6.07, 6.45) is 4.16. The van der Waals surface area contributed by atoms with Gasteiger partial charge in [0, 0.05) is 62.8 Å². The average molecular weight is 714 g/mol. The molecule has 0 radical (unpaired) electrons. The summed E-state index contributed by atoms with van der Waals surface area (Å²) in [6.45, 7) is 9.92. The summed E-state index contributed by atoms with van der Waals surface area (Å²) < 4.78 is 15.2. The second-order valence-electron chi connectivity index (χ2n) is 13.4. The summed E-state index contributed by atoms with van der Waals surface area (Å²) in [6, 6.07) is 19.4. The highest BCUT2D eigenvalue weighted by Gasteiger charge is 2.26. The molecular formula is C39H40FN11O2. The molecule has 5 heterocycles. The molecular weight excluding hydrogens is 674 g/mol. The van der Waals surface area contributed by atoms with Crippen molar-refractivity contribution in [3.63, 3.8) is 0 Å². The fourth-order valence-electron chi connectivity index (χ4n) is 6.59. The van der Waals surface area contributed by atoms with E-state index in [0.717, 1.165) is 18.4 Å². The zero-order chi connectivity index (χ0) is 37.3. The molecule has 1 aromatic carbocycles. The third-order valence-corrected chi connectivity index (χ3v) is 9.77. The van der Waals surface area contributed by atoms with Gasteiger partial charge in [0.15, 0.2) is 23.0 Å². The number of carbonyl (C=O) groups excluding carboxylic acids is 2. The molecule has 4 aromatic rings. The molecule has 1 N–H and O–H groups in total. The molecule has 0 bridgehead atoms. The van der Waals surface area contributed by atoms with Crippen molar-refractivity contribution in [3.05, 3.63) is 107 Å². The molecule has 53 heavy (non-hydrogen) atoms. The van der Waals surface area contributed by atoms with Gasteiger partial charge in [0.25, 0.3) is 0 Å². The number of hydrogen-bond acceptors (Lipinski definition) is 11. The Hall–Kier alpha value is -6.28. The van der Waals surface area contributed by atoms with Gasteiger partial charge in [0.05, 0.1) is 12.8 Å². The van der Waals surface area contributed by atoms with Gasteiger partial charge in [-0.3, -0.25) is 14.6 Å². The summed E-state index contributed by atoms with van der Waals surface area (Å²) >= 11 is 0. The molecule has 6 rings (SSSR count). The van der Waals surface area contributed by atoms with Crippen molar-refractivity contribution in [1.29, 1.82) is 10.5 Å². The molecule has 3 aromatic heterocycles. The number of allylic oxidation sites excluding steroid dienone is 1. The minimum Gasteiger partial charge on any atom is -0.353 e. The van der Waals surface area contributed by atoms with Crippen LogP contribution in [0.1, 0.15) is 65.9 Å². The minimum atomic E-state index is -0.403. The van der Waals surface area contributed by atoms with E-state index < -0.39 is 5.82 Å². The lowest BCUT2D eigenvalue weighted by molar-refractivity contribution is -0.130. The normalized spacial score (nSPS) is 16.1. The molecule has 2 saturated heterocycles. The molecule has 2 aliphatic rings. The van der Waals surface area contributed by atoms with Crippen LogP contribution in [-0.2, 0) is 22.4 Å². The fraction of sp³-hybridized carbons (Fsp3) is 0.359. The number of aromatic nitrogens is 5. The molecule has 0 saturated carbocycles. The molecule has 2 fully saturated rings. The number of nitriles is 2. The van der Waals surface area contributed by atoms with Crippen molar-refractivity contribution < 1.29 is 14.0 Å². The number of nitrogens with zero attached hydrogens (tertiary/aromatic N) is 10. The molecule has 0 spiro atoms. The molecule has 1 unspecified atom stereocenters. The molecule has 0 aliphatic carbocycles. The van der Waals surface area contributed by atoms with Gasteiger partial charge in [0.1, 0.15) is 18.0 Å². The summed E-state index contributed by atoms with van der Waals surface area (Å²) in [5, 5.41) is 36.9. The third kappa shape index (κ3) is 9.34. The first-order chi connectivity index (χ1) is 25.7. The Morgan fingerprint density at radius 3 is 2.21 bits per heavy atom. The van der Waals surface area contributed by atoms with E-state index in [0.29, 0.717) is 79.7 Å². The first-order valence-corrected chi connectivity index (χ1v) is 17.6. The van der Waals surface area contributed by atoms with Crippen molar-refractivity contribution in [2.24, 2.45) is 0 Å². The SMILES string of the molecule is C=C(CCC(C)c1ccc(CC(=O)N2CCN(c3ccc(C#N)nn3)CC2)nc1)c1ccc(CC(=O)N[C@H]2CCN(c3ccc(C#N)nn3)C2)cc1F. The molecule has 270 valence electrons. The van der Waals surface area contributed by atoms with Crippen LogP contribution in [-0.4, -0.2) is 87.4 Å². The topological polar surface area (TPSA) is 168 Å². The maximum absolute atomic E-state index is 15.2. The summed E-state index contributed by atoms with van der Waals surface area (Å²) in [5.74, 6) is 0.931. The number of rotatable bonds is 12. The van der Waals surface area contributed by atoms with Crippen LogP contribution in [0.3, 0.4) is 0 Å². The fourth-order valence-corrected chi connectivity index (χ4v) is 6.59.